The van der Waals surface area contributed by atoms with Crippen molar-refractivity contribution in [3.05, 3.63) is 157 Å². The van der Waals surface area contributed by atoms with E-state index in [2.05, 4.69) is 159 Å². The maximum absolute atomic E-state index is 2.47. The van der Waals surface area contributed by atoms with Crippen molar-refractivity contribution < 1.29 is 0 Å². The van der Waals surface area contributed by atoms with Crippen molar-refractivity contribution >= 4 is 84.6 Å². The molecule has 0 saturated heterocycles. The maximum Gasteiger partial charge on any atom is 0.0362 e. The number of rotatable bonds is 2. The molecule has 0 atom stereocenters. The van der Waals surface area contributed by atoms with Gasteiger partial charge in [0, 0.05) is 45.8 Å². The molecule has 1 aliphatic rings. The summed E-state index contributed by atoms with van der Waals surface area (Å²) in [5.74, 6) is 0. The Kier molecular flexibility index (Phi) is 5.58. The Morgan fingerprint density at radius 3 is 1.49 bits per heavy atom. The normalized spacial score (nSPS) is 13.7. The summed E-state index contributed by atoms with van der Waals surface area (Å²) in [4.78, 5) is 0. The molecular formula is C47H30S2. The van der Waals surface area contributed by atoms with Gasteiger partial charge in [-0.2, -0.15) is 0 Å². The van der Waals surface area contributed by atoms with E-state index >= 15 is 0 Å². The van der Waals surface area contributed by atoms with E-state index in [1.54, 1.807) is 0 Å². The van der Waals surface area contributed by atoms with Crippen molar-refractivity contribution in [1.29, 1.82) is 0 Å². The zero-order chi connectivity index (χ0) is 32.4. The molecule has 8 aromatic carbocycles. The van der Waals surface area contributed by atoms with E-state index in [9.17, 15) is 0 Å². The van der Waals surface area contributed by atoms with Crippen LogP contribution in [0.3, 0.4) is 0 Å². The molecule has 0 spiro atoms. The number of benzene rings is 8. The van der Waals surface area contributed by atoms with Gasteiger partial charge < -0.3 is 0 Å². The summed E-state index contributed by atoms with van der Waals surface area (Å²) in [7, 11) is 0. The summed E-state index contributed by atoms with van der Waals surface area (Å²) in [6.07, 6.45) is 0. The van der Waals surface area contributed by atoms with Gasteiger partial charge in [-0.3, -0.25) is 0 Å². The molecule has 49 heavy (non-hydrogen) atoms. The maximum atomic E-state index is 2.47. The zero-order valence-corrected chi connectivity index (χ0v) is 28.8. The first-order valence-corrected chi connectivity index (χ1v) is 18.6. The SMILES string of the molecule is CC1(C)c2ccccc2-c2ccc(-c3c4ccccc4c(-c4ccc5sc6cc7c(cc6c5c4)sc4ccccc47)c4ccccc34)cc21. The first kappa shape index (κ1) is 27.6. The van der Waals surface area contributed by atoms with Gasteiger partial charge >= 0.3 is 0 Å². The Hall–Kier alpha value is -5.28. The quantitative estimate of drug-likeness (QED) is 0.162. The van der Waals surface area contributed by atoms with Crippen LogP contribution in [0.5, 0.6) is 0 Å². The first-order chi connectivity index (χ1) is 24.0. The van der Waals surface area contributed by atoms with Crippen LogP contribution in [0.15, 0.2) is 146 Å². The van der Waals surface area contributed by atoms with Crippen LogP contribution < -0.4 is 0 Å². The fourth-order valence-electron chi connectivity index (χ4n) is 8.76. The Balaban J connectivity index is 1.16. The van der Waals surface area contributed by atoms with Crippen molar-refractivity contribution in [3.8, 4) is 33.4 Å². The van der Waals surface area contributed by atoms with Gasteiger partial charge in [-0.15, -0.1) is 22.7 Å². The van der Waals surface area contributed by atoms with E-state index < -0.39 is 0 Å². The highest BCUT2D eigenvalue weighted by atomic mass is 32.1. The van der Waals surface area contributed by atoms with Crippen molar-refractivity contribution in [2.45, 2.75) is 19.3 Å². The molecule has 0 unspecified atom stereocenters. The minimum atomic E-state index is -0.0480. The third-order valence-electron chi connectivity index (χ3n) is 11.1. The molecular weight excluding hydrogens is 629 g/mol. The third-order valence-corrected chi connectivity index (χ3v) is 13.3. The molecule has 2 aromatic heterocycles. The van der Waals surface area contributed by atoms with Crippen LogP contribution in [0.4, 0.5) is 0 Å². The molecule has 0 saturated carbocycles. The van der Waals surface area contributed by atoms with E-state index in [-0.39, 0.29) is 5.41 Å². The van der Waals surface area contributed by atoms with Gasteiger partial charge in [0.15, 0.2) is 0 Å². The van der Waals surface area contributed by atoms with Crippen molar-refractivity contribution in [1.82, 2.24) is 0 Å². The Bertz CT molecular complexity index is 2970. The van der Waals surface area contributed by atoms with Gasteiger partial charge in [0.1, 0.15) is 0 Å². The second kappa shape index (κ2) is 9.89. The molecule has 0 radical (unpaired) electrons. The molecule has 0 N–H and O–H groups in total. The second-order valence-electron chi connectivity index (χ2n) is 14.0. The van der Waals surface area contributed by atoms with E-state index in [4.69, 9.17) is 0 Å². The van der Waals surface area contributed by atoms with Crippen LogP contribution in [0, 0.1) is 0 Å². The van der Waals surface area contributed by atoms with Gasteiger partial charge in [-0.25, -0.2) is 0 Å². The largest absolute Gasteiger partial charge is 0.135 e. The van der Waals surface area contributed by atoms with E-state index in [1.807, 2.05) is 22.7 Å². The zero-order valence-electron chi connectivity index (χ0n) is 27.2. The Morgan fingerprint density at radius 1 is 0.347 bits per heavy atom. The minimum absolute atomic E-state index is 0.0480. The summed E-state index contributed by atoms with van der Waals surface area (Å²) in [6, 6.07) is 55.0. The van der Waals surface area contributed by atoms with Crippen molar-refractivity contribution in [3.63, 3.8) is 0 Å². The molecule has 2 heteroatoms. The standard InChI is InChI=1S/C47H30S2/c1-47(2)39-17-9-7-11-29(39)30-21-19-28(24-40(30)47)46-34-15-5-3-13-32(34)45(33-14-4-6-16-35(33)46)27-20-22-42-36(23-27)38-26-43-37(25-44(38)49-42)31-12-8-10-18-41(31)48-43/h3-26H,1-2H3. The summed E-state index contributed by atoms with van der Waals surface area (Å²) in [5, 5.41) is 10.6. The van der Waals surface area contributed by atoms with Crippen LogP contribution in [0.1, 0.15) is 25.0 Å². The van der Waals surface area contributed by atoms with Gasteiger partial charge in [0.25, 0.3) is 0 Å². The van der Waals surface area contributed by atoms with Crippen LogP contribution in [0.25, 0.3) is 95.3 Å². The van der Waals surface area contributed by atoms with Gasteiger partial charge in [-0.05, 0) is 102 Å². The lowest BCUT2D eigenvalue weighted by atomic mass is 9.80. The Morgan fingerprint density at radius 2 is 0.816 bits per heavy atom. The highest BCUT2D eigenvalue weighted by Crippen LogP contribution is 2.51. The van der Waals surface area contributed by atoms with Crippen molar-refractivity contribution in [2.24, 2.45) is 0 Å². The number of hydrogen-bond acceptors (Lipinski definition) is 2. The highest BCUT2D eigenvalue weighted by Gasteiger charge is 2.35. The molecule has 2 heterocycles. The van der Waals surface area contributed by atoms with Gasteiger partial charge in [-0.1, -0.05) is 123 Å². The molecule has 1 aliphatic carbocycles. The first-order valence-electron chi connectivity index (χ1n) is 17.0. The molecule has 0 fully saturated rings. The lowest BCUT2D eigenvalue weighted by Gasteiger charge is -2.23. The van der Waals surface area contributed by atoms with Crippen LogP contribution in [0.2, 0.25) is 0 Å². The van der Waals surface area contributed by atoms with E-state index in [1.165, 1.54) is 106 Å². The number of hydrogen-bond donors (Lipinski definition) is 0. The average Bonchev–Trinajstić information content (AvgIpc) is 3.76. The van der Waals surface area contributed by atoms with Gasteiger partial charge in [0.2, 0.25) is 0 Å². The molecule has 0 amide bonds. The summed E-state index contributed by atoms with van der Waals surface area (Å²) < 4.78 is 5.41. The second-order valence-corrected chi connectivity index (χ2v) is 16.2. The Labute approximate surface area is 292 Å². The number of fused-ring (bicyclic) bond motifs is 11. The smallest absolute Gasteiger partial charge is 0.0362 e. The molecule has 0 aliphatic heterocycles. The topological polar surface area (TPSA) is 0 Å². The molecule has 0 bridgehead atoms. The molecule has 230 valence electrons. The lowest BCUT2D eigenvalue weighted by Crippen LogP contribution is -2.14. The summed E-state index contributed by atoms with van der Waals surface area (Å²) in [6.45, 7) is 4.74. The highest BCUT2D eigenvalue weighted by molar-refractivity contribution is 7.27. The fourth-order valence-corrected chi connectivity index (χ4v) is 11.0. The van der Waals surface area contributed by atoms with Crippen LogP contribution in [-0.2, 0) is 5.41 Å². The molecule has 11 rings (SSSR count). The number of thiophene rings is 2. The lowest BCUT2D eigenvalue weighted by molar-refractivity contribution is 0.660. The average molecular weight is 659 g/mol. The fraction of sp³-hybridized carbons (Fsp3) is 0.0638. The van der Waals surface area contributed by atoms with E-state index in [0.29, 0.717) is 0 Å². The van der Waals surface area contributed by atoms with E-state index in [0.717, 1.165) is 0 Å². The third kappa shape index (κ3) is 3.79. The van der Waals surface area contributed by atoms with Crippen molar-refractivity contribution in [2.75, 3.05) is 0 Å². The minimum Gasteiger partial charge on any atom is -0.135 e. The van der Waals surface area contributed by atoms with Gasteiger partial charge in [0.05, 0.1) is 0 Å². The summed E-state index contributed by atoms with van der Waals surface area (Å²) >= 11 is 3.81. The van der Waals surface area contributed by atoms with Crippen LogP contribution in [-0.4, -0.2) is 0 Å². The van der Waals surface area contributed by atoms with Crippen LogP contribution >= 0.6 is 22.7 Å². The molecule has 10 aromatic rings. The predicted molar refractivity (Wildman–Crippen MR) is 216 cm³/mol. The molecule has 0 nitrogen and oxygen atoms in total. The predicted octanol–water partition coefficient (Wildman–Crippen LogP) is 14.4. The summed E-state index contributed by atoms with van der Waals surface area (Å²) in [5.41, 5.74) is 10.7. The monoisotopic (exact) mass is 658 g/mol.